The van der Waals surface area contributed by atoms with Gasteiger partial charge in [0.15, 0.2) is 5.75 Å². The molecule has 0 amide bonds. The SMILES string of the molecule is N#Cc1cc(F)c2cc(O)c(=O)[nH]c2c1. The minimum atomic E-state index is -0.711. The van der Waals surface area contributed by atoms with E-state index in [1.54, 1.807) is 6.07 Å². The van der Waals surface area contributed by atoms with Crippen molar-refractivity contribution in [2.24, 2.45) is 0 Å². The number of fused-ring (bicyclic) bond motifs is 1. The highest BCUT2D eigenvalue weighted by molar-refractivity contribution is 5.81. The van der Waals surface area contributed by atoms with E-state index in [2.05, 4.69) is 4.98 Å². The van der Waals surface area contributed by atoms with Gasteiger partial charge in [0.1, 0.15) is 5.82 Å². The number of benzene rings is 1. The monoisotopic (exact) mass is 204 g/mol. The summed E-state index contributed by atoms with van der Waals surface area (Å²) in [4.78, 5) is 13.3. The van der Waals surface area contributed by atoms with Crippen LogP contribution in [-0.4, -0.2) is 10.1 Å². The molecule has 0 aliphatic rings. The van der Waals surface area contributed by atoms with E-state index in [9.17, 15) is 9.18 Å². The second-order valence-electron chi connectivity index (χ2n) is 3.01. The number of aromatic nitrogens is 1. The molecule has 1 aromatic carbocycles. The predicted molar refractivity (Wildman–Crippen MR) is 50.9 cm³/mol. The van der Waals surface area contributed by atoms with Crippen molar-refractivity contribution in [3.63, 3.8) is 0 Å². The van der Waals surface area contributed by atoms with Crippen LogP contribution in [0.25, 0.3) is 10.9 Å². The second-order valence-corrected chi connectivity index (χ2v) is 3.01. The lowest BCUT2D eigenvalue weighted by molar-refractivity contribution is 0.467. The first-order valence-electron chi connectivity index (χ1n) is 4.07. The predicted octanol–water partition coefficient (Wildman–Crippen LogP) is 1.24. The lowest BCUT2D eigenvalue weighted by Gasteiger charge is -2.00. The Hall–Kier alpha value is -2.35. The number of pyridine rings is 1. The van der Waals surface area contributed by atoms with Crippen LogP contribution < -0.4 is 5.56 Å². The first-order chi connectivity index (χ1) is 7.11. The van der Waals surface area contributed by atoms with E-state index >= 15 is 0 Å². The summed E-state index contributed by atoms with van der Waals surface area (Å²) in [7, 11) is 0. The summed E-state index contributed by atoms with van der Waals surface area (Å²) in [6.07, 6.45) is 0. The van der Waals surface area contributed by atoms with Crippen LogP contribution in [0.3, 0.4) is 0 Å². The van der Waals surface area contributed by atoms with Crippen molar-refractivity contribution in [2.75, 3.05) is 0 Å². The molecule has 0 fully saturated rings. The summed E-state index contributed by atoms with van der Waals surface area (Å²) in [5, 5.41) is 17.8. The van der Waals surface area contributed by atoms with Gasteiger partial charge in [-0.25, -0.2) is 4.39 Å². The molecule has 0 saturated heterocycles. The molecule has 0 aliphatic heterocycles. The van der Waals surface area contributed by atoms with Crippen LogP contribution >= 0.6 is 0 Å². The fourth-order valence-corrected chi connectivity index (χ4v) is 1.32. The number of hydrogen-bond donors (Lipinski definition) is 2. The highest BCUT2D eigenvalue weighted by atomic mass is 19.1. The number of hydrogen-bond acceptors (Lipinski definition) is 3. The largest absolute Gasteiger partial charge is 0.503 e. The molecule has 1 heterocycles. The molecule has 2 N–H and O–H groups in total. The van der Waals surface area contributed by atoms with E-state index in [1.807, 2.05) is 0 Å². The molecule has 0 aliphatic carbocycles. The maximum atomic E-state index is 13.4. The molecule has 2 aromatic rings. The van der Waals surface area contributed by atoms with Crippen LogP contribution in [0.1, 0.15) is 5.56 Å². The van der Waals surface area contributed by atoms with Gasteiger partial charge in [-0.15, -0.1) is 0 Å². The molecule has 74 valence electrons. The van der Waals surface area contributed by atoms with Crippen molar-refractivity contribution in [2.45, 2.75) is 0 Å². The van der Waals surface area contributed by atoms with E-state index in [4.69, 9.17) is 10.4 Å². The van der Waals surface area contributed by atoms with Gasteiger partial charge in [-0.1, -0.05) is 0 Å². The molecule has 0 saturated carbocycles. The number of rotatable bonds is 0. The van der Waals surface area contributed by atoms with Crippen LogP contribution in [0.2, 0.25) is 0 Å². The number of aromatic amines is 1. The van der Waals surface area contributed by atoms with Crippen LogP contribution in [0.4, 0.5) is 4.39 Å². The molecule has 5 heteroatoms. The summed E-state index contributed by atoms with van der Waals surface area (Å²) in [6.45, 7) is 0. The Morgan fingerprint density at radius 3 is 2.80 bits per heavy atom. The molecule has 0 atom stereocenters. The average molecular weight is 204 g/mol. The maximum Gasteiger partial charge on any atom is 0.290 e. The van der Waals surface area contributed by atoms with Crippen molar-refractivity contribution in [1.82, 2.24) is 4.98 Å². The fraction of sp³-hybridized carbons (Fsp3) is 0. The molecule has 0 bridgehead atoms. The van der Waals surface area contributed by atoms with E-state index in [-0.39, 0.29) is 16.5 Å². The third-order valence-corrected chi connectivity index (χ3v) is 2.02. The van der Waals surface area contributed by atoms with Gasteiger partial charge in [-0.3, -0.25) is 4.79 Å². The Bertz CT molecular complexity index is 640. The molecule has 0 radical (unpaired) electrons. The molecule has 0 unspecified atom stereocenters. The lowest BCUT2D eigenvalue weighted by atomic mass is 10.1. The van der Waals surface area contributed by atoms with Crippen molar-refractivity contribution in [3.05, 3.63) is 39.9 Å². The number of nitriles is 1. The third kappa shape index (κ3) is 1.42. The lowest BCUT2D eigenvalue weighted by Crippen LogP contribution is -2.05. The summed E-state index contributed by atoms with van der Waals surface area (Å²) in [5.74, 6) is -1.21. The highest BCUT2D eigenvalue weighted by Gasteiger charge is 2.07. The van der Waals surface area contributed by atoms with Crippen LogP contribution in [-0.2, 0) is 0 Å². The number of H-pyrrole nitrogens is 1. The Morgan fingerprint density at radius 1 is 1.40 bits per heavy atom. The van der Waals surface area contributed by atoms with Gasteiger partial charge in [0, 0.05) is 5.39 Å². The first kappa shape index (κ1) is 9.21. The minimum Gasteiger partial charge on any atom is -0.503 e. The first-order valence-corrected chi connectivity index (χ1v) is 4.07. The van der Waals surface area contributed by atoms with E-state index < -0.39 is 17.1 Å². The highest BCUT2D eigenvalue weighted by Crippen LogP contribution is 2.19. The average Bonchev–Trinajstić information content (AvgIpc) is 2.21. The number of halogens is 1. The Kier molecular flexibility index (Phi) is 1.90. The molecular weight excluding hydrogens is 199 g/mol. The van der Waals surface area contributed by atoms with E-state index in [0.29, 0.717) is 0 Å². The van der Waals surface area contributed by atoms with Crippen molar-refractivity contribution < 1.29 is 9.50 Å². The topological polar surface area (TPSA) is 76.9 Å². The van der Waals surface area contributed by atoms with Gasteiger partial charge in [0.25, 0.3) is 5.56 Å². The number of aromatic hydroxyl groups is 1. The Morgan fingerprint density at radius 2 is 2.13 bits per heavy atom. The second kappa shape index (κ2) is 3.10. The van der Waals surface area contributed by atoms with Gasteiger partial charge in [0.05, 0.1) is 17.1 Å². The van der Waals surface area contributed by atoms with E-state index in [1.165, 1.54) is 6.07 Å². The number of nitrogens with one attached hydrogen (secondary N) is 1. The normalized spacial score (nSPS) is 10.1. The summed E-state index contributed by atoms with van der Waals surface area (Å²) in [6, 6.07) is 5.19. The van der Waals surface area contributed by atoms with Crippen LogP contribution in [0.15, 0.2) is 23.0 Å². The molecular formula is C10H5FN2O2. The zero-order valence-electron chi connectivity index (χ0n) is 7.41. The smallest absolute Gasteiger partial charge is 0.290 e. The molecule has 15 heavy (non-hydrogen) atoms. The Balaban J connectivity index is 2.94. The van der Waals surface area contributed by atoms with Gasteiger partial charge < -0.3 is 10.1 Å². The van der Waals surface area contributed by atoms with E-state index in [0.717, 1.165) is 12.1 Å². The maximum absolute atomic E-state index is 13.4. The van der Waals surface area contributed by atoms with Gasteiger partial charge in [-0.2, -0.15) is 5.26 Å². The molecule has 0 spiro atoms. The standard InChI is InChI=1S/C10H5FN2O2/c11-7-1-5(4-12)2-8-6(7)3-9(14)10(15)13-8/h1-3,14H,(H,13,15). The van der Waals surface area contributed by atoms with Crippen molar-refractivity contribution >= 4 is 10.9 Å². The minimum absolute atomic E-state index is 0.0751. The van der Waals surface area contributed by atoms with Gasteiger partial charge in [0.2, 0.25) is 0 Å². The third-order valence-electron chi connectivity index (χ3n) is 2.02. The Labute approximate surface area is 83.2 Å². The van der Waals surface area contributed by atoms with Gasteiger partial charge >= 0.3 is 0 Å². The van der Waals surface area contributed by atoms with Crippen molar-refractivity contribution in [3.8, 4) is 11.8 Å². The van der Waals surface area contributed by atoms with Crippen LogP contribution in [0.5, 0.6) is 5.75 Å². The quantitative estimate of drug-likeness (QED) is 0.677. The fourth-order valence-electron chi connectivity index (χ4n) is 1.32. The van der Waals surface area contributed by atoms with Crippen molar-refractivity contribution in [1.29, 1.82) is 5.26 Å². The molecule has 2 rings (SSSR count). The van der Waals surface area contributed by atoms with Gasteiger partial charge in [-0.05, 0) is 18.2 Å². The summed E-state index contributed by atoms with van der Waals surface area (Å²) < 4.78 is 13.4. The summed E-state index contributed by atoms with van der Waals surface area (Å²) >= 11 is 0. The zero-order valence-corrected chi connectivity index (χ0v) is 7.41. The molecule has 1 aromatic heterocycles. The summed E-state index contributed by atoms with van der Waals surface area (Å²) in [5.41, 5.74) is -0.410. The number of nitrogens with zero attached hydrogens (tertiary/aromatic N) is 1. The zero-order chi connectivity index (χ0) is 11.0. The van der Waals surface area contributed by atoms with Crippen LogP contribution in [0, 0.1) is 17.1 Å². The molecule has 4 nitrogen and oxygen atoms in total.